The quantitative estimate of drug-likeness (QED) is 0.264. The Kier molecular flexibility index (Phi) is 9.72. The summed E-state index contributed by atoms with van der Waals surface area (Å²) in [5, 5.41) is 9.44. The molecule has 3 rings (SSSR count). The highest BCUT2D eigenvalue weighted by Gasteiger charge is 2.35. The van der Waals surface area contributed by atoms with E-state index in [1.165, 1.54) is 23.5 Å². The SMILES string of the molecule is CC(=NC1CCC(C(=O)O)CC1)C(=CN)C(=O)N(CC(=O)c1c(Cl)cncc1Cl)C[C@@H]1CCC(C)(C)O1. The molecule has 1 aliphatic carbocycles. The number of Topliss-reactive ketones (excluding diaryl/α,β-unsaturated/α-hetero) is 1. The number of nitrogens with two attached hydrogens (primary N) is 1. The van der Waals surface area contributed by atoms with Crippen LogP contribution in [0.5, 0.6) is 0 Å². The van der Waals surface area contributed by atoms with Crippen LogP contribution >= 0.6 is 23.2 Å². The third-order valence-electron chi connectivity index (χ3n) is 6.94. The zero-order valence-electron chi connectivity index (χ0n) is 21.4. The minimum absolute atomic E-state index is 0.0955. The number of ether oxygens (including phenoxy) is 1. The summed E-state index contributed by atoms with van der Waals surface area (Å²) in [7, 11) is 0. The highest BCUT2D eigenvalue weighted by atomic mass is 35.5. The maximum Gasteiger partial charge on any atom is 0.306 e. The molecule has 1 saturated heterocycles. The zero-order chi connectivity index (χ0) is 27.3. The van der Waals surface area contributed by atoms with Crippen LogP contribution in [0.4, 0.5) is 0 Å². The Morgan fingerprint density at radius 3 is 2.32 bits per heavy atom. The van der Waals surface area contributed by atoms with Gasteiger partial charge in [-0.15, -0.1) is 0 Å². The van der Waals surface area contributed by atoms with Crippen molar-refractivity contribution in [2.45, 2.75) is 77.0 Å². The van der Waals surface area contributed by atoms with Crippen LogP contribution in [0.25, 0.3) is 0 Å². The second kappa shape index (κ2) is 12.4. The van der Waals surface area contributed by atoms with Crippen molar-refractivity contribution in [1.82, 2.24) is 9.88 Å². The molecule has 9 nitrogen and oxygen atoms in total. The van der Waals surface area contributed by atoms with Crippen molar-refractivity contribution in [3.8, 4) is 0 Å². The van der Waals surface area contributed by atoms with Gasteiger partial charge in [-0.2, -0.15) is 0 Å². The van der Waals surface area contributed by atoms with Crippen molar-refractivity contribution in [2.75, 3.05) is 13.1 Å². The number of carbonyl (C=O) groups is 3. The number of carbonyl (C=O) groups excluding carboxylic acids is 2. The van der Waals surface area contributed by atoms with E-state index in [1.54, 1.807) is 6.92 Å². The highest BCUT2D eigenvalue weighted by molar-refractivity contribution is 6.39. The number of aliphatic imine (C=N–C) groups is 1. The van der Waals surface area contributed by atoms with Gasteiger partial charge in [0.25, 0.3) is 5.91 Å². The molecular formula is C26H34Cl2N4O5. The summed E-state index contributed by atoms with van der Waals surface area (Å²) in [4.78, 5) is 48.2. The van der Waals surface area contributed by atoms with Crippen LogP contribution in [0.15, 0.2) is 29.2 Å². The molecule has 1 aromatic heterocycles. The molecule has 0 spiro atoms. The number of hydrogen-bond acceptors (Lipinski definition) is 7. The number of halogens is 2. The van der Waals surface area contributed by atoms with Gasteiger partial charge in [0.15, 0.2) is 5.78 Å². The molecule has 2 heterocycles. The number of aliphatic carboxylic acids is 1. The van der Waals surface area contributed by atoms with Crippen LogP contribution < -0.4 is 5.73 Å². The second-order valence-corrected chi connectivity index (χ2v) is 11.1. The fourth-order valence-electron chi connectivity index (χ4n) is 4.91. The molecule has 202 valence electrons. The van der Waals surface area contributed by atoms with Crippen LogP contribution in [0, 0.1) is 5.92 Å². The van der Waals surface area contributed by atoms with Gasteiger partial charge >= 0.3 is 5.97 Å². The highest BCUT2D eigenvalue weighted by Crippen LogP contribution is 2.31. The molecule has 37 heavy (non-hydrogen) atoms. The first-order valence-electron chi connectivity index (χ1n) is 12.4. The monoisotopic (exact) mass is 552 g/mol. The molecule has 0 radical (unpaired) electrons. The molecule has 2 aliphatic rings. The Balaban J connectivity index is 1.81. The van der Waals surface area contributed by atoms with Crippen LogP contribution in [0.3, 0.4) is 0 Å². The van der Waals surface area contributed by atoms with E-state index in [9.17, 15) is 19.5 Å². The third kappa shape index (κ3) is 7.52. The summed E-state index contributed by atoms with van der Waals surface area (Å²) in [6.45, 7) is 5.58. The number of nitrogens with zero attached hydrogens (tertiary/aromatic N) is 3. The second-order valence-electron chi connectivity index (χ2n) is 10.3. The van der Waals surface area contributed by atoms with Crippen molar-refractivity contribution >= 4 is 46.6 Å². The van der Waals surface area contributed by atoms with Crippen molar-refractivity contribution in [2.24, 2.45) is 16.6 Å². The minimum atomic E-state index is -0.788. The summed E-state index contributed by atoms with van der Waals surface area (Å²) in [6.07, 6.45) is 7.49. The molecule has 1 aliphatic heterocycles. The average molecular weight is 553 g/mol. The van der Waals surface area contributed by atoms with Gasteiger partial charge in [-0.05, 0) is 59.3 Å². The lowest BCUT2D eigenvalue weighted by molar-refractivity contribution is -0.142. The van der Waals surface area contributed by atoms with Gasteiger partial charge in [0.1, 0.15) is 0 Å². The lowest BCUT2D eigenvalue weighted by Gasteiger charge is -2.28. The first kappa shape index (κ1) is 29.1. The molecule has 1 amide bonds. The standard InChI is InChI=1S/C26H34Cl2N4O5/c1-15(31-17-6-4-16(5-7-17)25(35)36)19(10-29)24(34)32(13-18-8-9-26(2,3)37-18)14-22(33)23-20(27)11-30-12-21(23)28/h10-12,16-18H,4-9,13-14,29H2,1-3H3,(H,35,36)/t16?,17?,18-/m0/s1. The van der Waals surface area contributed by atoms with E-state index in [0.29, 0.717) is 31.4 Å². The molecule has 0 bridgehead atoms. The molecule has 0 unspecified atom stereocenters. The topological polar surface area (TPSA) is 135 Å². The maximum absolute atomic E-state index is 13.7. The number of amides is 1. The van der Waals surface area contributed by atoms with Crippen molar-refractivity contribution in [3.05, 3.63) is 39.8 Å². The van der Waals surface area contributed by atoms with E-state index in [2.05, 4.69) is 9.98 Å². The molecule has 2 fully saturated rings. The van der Waals surface area contributed by atoms with E-state index >= 15 is 0 Å². The number of rotatable bonds is 9. The molecule has 1 atom stereocenters. The number of carboxylic acids is 1. The fraction of sp³-hybridized carbons (Fsp3) is 0.577. The van der Waals surface area contributed by atoms with Crippen molar-refractivity contribution in [1.29, 1.82) is 0 Å². The molecule has 3 N–H and O–H groups in total. The van der Waals surface area contributed by atoms with E-state index in [1.807, 2.05) is 13.8 Å². The predicted molar refractivity (Wildman–Crippen MR) is 142 cm³/mol. The number of pyridine rings is 1. The molecule has 0 aromatic carbocycles. The normalized spacial score (nSPS) is 24.1. The molecular weight excluding hydrogens is 519 g/mol. The van der Waals surface area contributed by atoms with Crippen LogP contribution in [0.1, 0.15) is 69.7 Å². The maximum atomic E-state index is 13.7. The van der Waals surface area contributed by atoms with Crippen LogP contribution in [-0.2, 0) is 14.3 Å². The van der Waals surface area contributed by atoms with Crippen LogP contribution in [-0.4, -0.2) is 69.2 Å². The molecule has 1 saturated carbocycles. The van der Waals surface area contributed by atoms with Crippen molar-refractivity contribution in [3.63, 3.8) is 0 Å². The Hall–Kier alpha value is -2.49. The Labute approximate surface area is 227 Å². The Morgan fingerprint density at radius 2 is 1.81 bits per heavy atom. The van der Waals surface area contributed by atoms with E-state index in [4.69, 9.17) is 33.7 Å². The first-order chi connectivity index (χ1) is 17.4. The van der Waals surface area contributed by atoms with E-state index in [-0.39, 0.29) is 57.9 Å². The summed E-state index contributed by atoms with van der Waals surface area (Å²) in [6, 6.07) is -0.0955. The van der Waals surface area contributed by atoms with Gasteiger partial charge in [0.2, 0.25) is 0 Å². The smallest absolute Gasteiger partial charge is 0.306 e. The lowest BCUT2D eigenvalue weighted by atomic mass is 9.86. The largest absolute Gasteiger partial charge is 0.481 e. The lowest BCUT2D eigenvalue weighted by Crippen LogP contribution is -2.43. The van der Waals surface area contributed by atoms with Crippen LogP contribution in [0.2, 0.25) is 10.0 Å². The Bertz CT molecular complexity index is 1080. The minimum Gasteiger partial charge on any atom is -0.481 e. The molecule has 1 aromatic rings. The van der Waals surface area contributed by atoms with Gasteiger partial charge in [-0.1, -0.05) is 23.2 Å². The van der Waals surface area contributed by atoms with Gasteiger partial charge < -0.3 is 20.5 Å². The number of hydrogen-bond donors (Lipinski definition) is 2. The van der Waals surface area contributed by atoms with E-state index < -0.39 is 17.7 Å². The van der Waals surface area contributed by atoms with Crippen molar-refractivity contribution < 1.29 is 24.2 Å². The number of ketones is 1. The van der Waals surface area contributed by atoms with Gasteiger partial charge in [0.05, 0.1) is 51.4 Å². The summed E-state index contributed by atoms with van der Waals surface area (Å²) in [5.41, 5.74) is 6.29. The number of carboxylic acid groups (broad SMARTS) is 1. The number of aromatic nitrogens is 1. The first-order valence-corrected chi connectivity index (χ1v) is 13.2. The third-order valence-corrected chi connectivity index (χ3v) is 7.51. The summed E-state index contributed by atoms with van der Waals surface area (Å²) >= 11 is 12.4. The van der Waals surface area contributed by atoms with Gasteiger partial charge in [-0.25, -0.2) is 0 Å². The van der Waals surface area contributed by atoms with E-state index in [0.717, 1.165) is 12.8 Å². The molecule has 11 heteroatoms. The summed E-state index contributed by atoms with van der Waals surface area (Å²) in [5.74, 6) is -2.03. The average Bonchev–Trinajstić information content (AvgIpc) is 3.17. The summed E-state index contributed by atoms with van der Waals surface area (Å²) < 4.78 is 6.09. The zero-order valence-corrected chi connectivity index (χ0v) is 22.9. The fourth-order valence-corrected chi connectivity index (χ4v) is 5.49. The Morgan fingerprint density at radius 1 is 1.19 bits per heavy atom. The van der Waals surface area contributed by atoms with Gasteiger partial charge in [-0.3, -0.25) is 24.4 Å². The van der Waals surface area contributed by atoms with Gasteiger partial charge in [0, 0.05) is 30.9 Å². The predicted octanol–water partition coefficient (Wildman–Crippen LogP) is 4.30.